The van der Waals surface area contributed by atoms with Crippen molar-refractivity contribution in [3.63, 3.8) is 0 Å². The topological polar surface area (TPSA) is 12.9 Å². The number of hydrogen-bond acceptors (Lipinski definition) is 1. The second kappa shape index (κ2) is 6.01. The predicted molar refractivity (Wildman–Crippen MR) is 65.7 cm³/mol. The minimum absolute atomic E-state index is 0.302. The fourth-order valence-electron chi connectivity index (χ4n) is 1.39. The van der Waals surface area contributed by atoms with Crippen LogP contribution in [0, 0.1) is 12.7 Å². The molecular formula is C14H16FN. The maximum absolute atomic E-state index is 12.9. The van der Waals surface area contributed by atoms with Crippen molar-refractivity contribution < 1.29 is 4.39 Å². The third-order valence-corrected chi connectivity index (χ3v) is 2.06. The summed E-state index contributed by atoms with van der Waals surface area (Å²) in [5.41, 5.74) is 2.97. The molecule has 0 bridgehead atoms. The molecule has 0 aliphatic heterocycles. The smallest absolute Gasteiger partial charge is 0.142 e. The van der Waals surface area contributed by atoms with Crippen LogP contribution in [0.15, 0.2) is 42.7 Å². The minimum atomic E-state index is -0.302. The average Bonchev–Trinajstić information content (AvgIpc) is 2.32. The summed E-state index contributed by atoms with van der Waals surface area (Å²) in [5, 5.41) is 0. The summed E-state index contributed by atoms with van der Waals surface area (Å²) < 4.78 is 12.9. The van der Waals surface area contributed by atoms with Crippen molar-refractivity contribution >= 4 is 0 Å². The standard InChI is InChI=1S/C12H10FN.C2H6/c1-9-3-2-4-10(5-9)11-6-12(13)8-14-7-11;1-2/h2-8H,1H3;1-2H3. The molecule has 0 N–H and O–H groups in total. The molecule has 2 rings (SSSR count). The van der Waals surface area contributed by atoms with Gasteiger partial charge in [-0.05, 0) is 18.6 Å². The molecule has 16 heavy (non-hydrogen) atoms. The molecule has 0 amide bonds. The van der Waals surface area contributed by atoms with Gasteiger partial charge in [0.25, 0.3) is 0 Å². The zero-order valence-electron chi connectivity index (χ0n) is 9.87. The maximum atomic E-state index is 12.9. The highest BCUT2D eigenvalue weighted by atomic mass is 19.1. The van der Waals surface area contributed by atoms with E-state index >= 15 is 0 Å². The number of aryl methyl sites for hydroxylation is 1. The van der Waals surface area contributed by atoms with Crippen molar-refractivity contribution in [2.45, 2.75) is 20.8 Å². The molecule has 1 nitrogen and oxygen atoms in total. The molecule has 0 saturated heterocycles. The van der Waals surface area contributed by atoms with Crippen molar-refractivity contribution in [1.82, 2.24) is 4.98 Å². The number of rotatable bonds is 1. The number of pyridine rings is 1. The van der Waals surface area contributed by atoms with E-state index in [9.17, 15) is 4.39 Å². The van der Waals surface area contributed by atoms with Gasteiger partial charge in [0.05, 0.1) is 6.20 Å². The molecule has 0 spiro atoms. The van der Waals surface area contributed by atoms with Crippen molar-refractivity contribution in [2.24, 2.45) is 0 Å². The van der Waals surface area contributed by atoms with Gasteiger partial charge in [-0.25, -0.2) is 4.39 Å². The number of benzene rings is 1. The van der Waals surface area contributed by atoms with Crippen molar-refractivity contribution in [3.05, 3.63) is 54.1 Å². The Hall–Kier alpha value is -1.70. The zero-order chi connectivity index (χ0) is 12.0. The van der Waals surface area contributed by atoms with Crippen molar-refractivity contribution in [3.8, 4) is 11.1 Å². The molecule has 1 heterocycles. The predicted octanol–water partition coefficient (Wildman–Crippen LogP) is 4.22. The summed E-state index contributed by atoms with van der Waals surface area (Å²) >= 11 is 0. The first-order chi connectivity index (χ1) is 7.75. The van der Waals surface area contributed by atoms with Crippen LogP contribution >= 0.6 is 0 Å². The van der Waals surface area contributed by atoms with Gasteiger partial charge >= 0.3 is 0 Å². The highest BCUT2D eigenvalue weighted by Gasteiger charge is 1.99. The van der Waals surface area contributed by atoms with Gasteiger partial charge in [0, 0.05) is 11.8 Å². The van der Waals surface area contributed by atoms with Gasteiger partial charge in [0.15, 0.2) is 0 Å². The quantitative estimate of drug-likeness (QED) is 0.696. The molecule has 2 heteroatoms. The molecule has 1 aromatic heterocycles. The Balaban J connectivity index is 0.000000606. The van der Waals surface area contributed by atoms with Crippen molar-refractivity contribution in [1.29, 1.82) is 0 Å². The normalized spacial score (nSPS) is 9.25. The average molecular weight is 217 g/mol. The van der Waals surface area contributed by atoms with Crippen LogP contribution < -0.4 is 0 Å². The summed E-state index contributed by atoms with van der Waals surface area (Å²) in [5.74, 6) is -0.302. The number of hydrogen-bond donors (Lipinski definition) is 0. The van der Waals surface area contributed by atoms with Crippen molar-refractivity contribution in [2.75, 3.05) is 0 Å². The third kappa shape index (κ3) is 3.16. The van der Waals surface area contributed by atoms with E-state index in [1.54, 1.807) is 6.20 Å². The van der Waals surface area contributed by atoms with Crippen LogP contribution in [-0.2, 0) is 0 Å². The van der Waals surface area contributed by atoms with Gasteiger partial charge in [-0.15, -0.1) is 0 Å². The Kier molecular flexibility index (Phi) is 4.65. The van der Waals surface area contributed by atoms with Crippen LogP contribution in [0.25, 0.3) is 11.1 Å². The van der Waals surface area contributed by atoms with E-state index in [-0.39, 0.29) is 5.82 Å². The van der Waals surface area contributed by atoms with Gasteiger partial charge in [-0.1, -0.05) is 43.7 Å². The van der Waals surface area contributed by atoms with E-state index < -0.39 is 0 Å². The molecule has 84 valence electrons. The van der Waals surface area contributed by atoms with E-state index in [2.05, 4.69) is 4.98 Å². The number of aromatic nitrogens is 1. The lowest BCUT2D eigenvalue weighted by Gasteiger charge is -2.01. The molecule has 0 saturated carbocycles. The van der Waals surface area contributed by atoms with Gasteiger partial charge in [-0.2, -0.15) is 0 Å². The Morgan fingerprint density at radius 2 is 1.75 bits per heavy atom. The fraction of sp³-hybridized carbons (Fsp3) is 0.214. The first-order valence-electron chi connectivity index (χ1n) is 5.43. The first kappa shape index (κ1) is 12.4. The van der Waals surface area contributed by atoms with E-state index in [0.717, 1.165) is 16.7 Å². The maximum Gasteiger partial charge on any atom is 0.142 e. The van der Waals surface area contributed by atoms with Gasteiger partial charge in [0.1, 0.15) is 5.82 Å². The Labute approximate surface area is 96.0 Å². The lowest BCUT2D eigenvalue weighted by Crippen LogP contribution is -1.83. The van der Waals surface area contributed by atoms with Gasteiger partial charge < -0.3 is 0 Å². The van der Waals surface area contributed by atoms with Crippen LogP contribution in [0.4, 0.5) is 4.39 Å². The SMILES string of the molecule is CC.Cc1cccc(-c2cncc(F)c2)c1. The lowest BCUT2D eigenvalue weighted by molar-refractivity contribution is 0.622. The molecule has 0 atom stereocenters. The van der Waals surface area contributed by atoms with Crippen LogP contribution in [-0.4, -0.2) is 4.98 Å². The molecule has 0 unspecified atom stereocenters. The molecule has 0 aliphatic carbocycles. The third-order valence-electron chi connectivity index (χ3n) is 2.06. The Morgan fingerprint density at radius 1 is 1.00 bits per heavy atom. The first-order valence-corrected chi connectivity index (χ1v) is 5.43. The summed E-state index contributed by atoms with van der Waals surface area (Å²) in [4.78, 5) is 3.82. The van der Waals surface area contributed by atoms with Crippen LogP contribution in [0.3, 0.4) is 0 Å². The highest BCUT2D eigenvalue weighted by molar-refractivity contribution is 5.62. The van der Waals surface area contributed by atoms with Crippen LogP contribution in [0.5, 0.6) is 0 Å². The highest BCUT2D eigenvalue weighted by Crippen LogP contribution is 2.19. The molecular weight excluding hydrogens is 201 g/mol. The molecule has 2 aromatic rings. The molecule has 0 radical (unpaired) electrons. The lowest BCUT2D eigenvalue weighted by atomic mass is 10.1. The monoisotopic (exact) mass is 217 g/mol. The molecule has 0 fully saturated rings. The van der Waals surface area contributed by atoms with Crippen LogP contribution in [0.1, 0.15) is 19.4 Å². The number of halogens is 1. The summed E-state index contributed by atoms with van der Waals surface area (Å²) in [6.45, 7) is 6.01. The Morgan fingerprint density at radius 3 is 2.38 bits per heavy atom. The van der Waals surface area contributed by atoms with E-state index in [4.69, 9.17) is 0 Å². The Bertz CT molecular complexity index is 408. The number of nitrogens with zero attached hydrogens (tertiary/aromatic N) is 1. The zero-order valence-corrected chi connectivity index (χ0v) is 9.87. The second-order valence-corrected chi connectivity index (χ2v) is 3.26. The fourth-order valence-corrected chi connectivity index (χ4v) is 1.39. The van der Waals surface area contributed by atoms with E-state index in [0.29, 0.717) is 0 Å². The summed E-state index contributed by atoms with van der Waals surface area (Å²) in [6, 6.07) is 9.41. The summed E-state index contributed by atoms with van der Waals surface area (Å²) in [6.07, 6.45) is 2.87. The van der Waals surface area contributed by atoms with Crippen LogP contribution in [0.2, 0.25) is 0 Å². The van der Waals surface area contributed by atoms with Gasteiger partial charge in [-0.3, -0.25) is 4.98 Å². The van der Waals surface area contributed by atoms with Gasteiger partial charge in [0.2, 0.25) is 0 Å². The second-order valence-electron chi connectivity index (χ2n) is 3.26. The minimum Gasteiger partial charge on any atom is -0.261 e. The summed E-state index contributed by atoms with van der Waals surface area (Å²) in [7, 11) is 0. The van der Waals surface area contributed by atoms with E-state index in [1.807, 2.05) is 45.0 Å². The molecule has 1 aromatic carbocycles. The van der Waals surface area contributed by atoms with E-state index in [1.165, 1.54) is 12.3 Å². The largest absolute Gasteiger partial charge is 0.261 e. The molecule has 0 aliphatic rings.